The number of rotatable bonds is 5. The second-order valence-electron chi connectivity index (χ2n) is 3.23. The number of nitrogens with two attached hydrogens (primary N) is 1. The molecule has 0 bridgehead atoms. The molecule has 84 valence electrons. The molecule has 0 radical (unpaired) electrons. The molecule has 0 spiro atoms. The molecule has 1 rings (SSSR count). The summed E-state index contributed by atoms with van der Waals surface area (Å²) in [5.41, 5.74) is 5.31. The zero-order valence-electron chi connectivity index (χ0n) is 8.19. The van der Waals surface area contributed by atoms with Crippen molar-refractivity contribution in [1.82, 2.24) is 10.6 Å². The van der Waals surface area contributed by atoms with Gasteiger partial charge in [0.05, 0.1) is 0 Å². The Kier molecular flexibility index (Phi) is 4.04. The Morgan fingerprint density at radius 3 is 3.00 bits per heavy atom. The third-order valence-electron chi connectivity index (χ3n) is 1.94. The maximum absolute atomic E-state index is 10.7. The minimum absolute atomic E-state index is 0.139. The van der Waals surface area contributed by atoms with Crippen molar-refractivity contribution in [3.63, 3.8) is 0 Å². The highest BCUT2D eigenvalue weighted by molar-refractivity contribution is 6.02. The standard InChI is InChI=1S/C8H14N4O3/c9-5(7(14)15)2-1-3-10-8-11-4-6(13)12-8/h5H,1-4,9H2,(H,14,15)(H2,10,11,12,13). The predicted molar refractivity (Wildman–Crippen MR) is 53.3 cm³/mol. The van der Waals surface area contributed by atoms with Gasteiger partial charge in [-0.2, -0.15) is 0 Å². The number of nitrogens with zero attached hydrogens (tertiary/aromatic N) is 1. The van der Waals surface area contributed by atoms with Crippen molar-refractivity contribution < 1.29 is 14.7 Å². The summed E-state index contributed by atoms with van der Waals surface area (Å²) in [5.74, 6) is -0.690. The molecular formula is C8H14N4O3. The minimum atomic E-state index is -0.999. The average Bonchev–Trinajstić information content (AvgIpc) is 2.58. The molecular weight excluding hydrogens is 200 g/mol. The van der Waals surface area contributed by atoms with E-state index in [9.17, 15) is 9.59 Å². The van der Waals surface area contributed by atoms with Crippen LogP contribution in [-0.4, -0.2) is 42.1 Å². The van der Waals surface area contributed by atoms with Crippen LogP contribution in [-0.2, 0) is 9.59 Å². The number of aliphatic imine (C=N–C) groups is 1. The average molecular weight is 214 g/mol. The Balaban J connectivity index is 2.07. The van der Waals surface area contributed by atoms with E-state index in [0.717, 1.165) is 0 Å². The molecule has 1 heterocycles. The summed E-state index contributed by atoms with van der Waals surface area (Å²) >= 11 is 0. The minimum Gasteiger partial charge on any atom is -0.480 e. The van der Waals surface area contributed by atoms with Gasteiger partial charge in [0.15, 0.2) is 5.96 Å². The fourth-order valence-electron chi connectivity index (χ4n) is 1.11. The van der Waals surface area contributed by atoms with E-state index in [0.29, 0.717) is 25.3 Å². The maximum Gasteiger partial charge on any atom is 0.320 e. The molecule has 15 heavy (non-hydrogen) atoms. The first-order valence-electron chi connectivity index (χ1n) is 4.66. The number of hydrogen-bond acceptors (Lipinski definition) is 5. The first kappa shape index (κ1) is 11.4. The van der Waals surface area contributed by atoms with Gasteiger partial charge >= 0.3 is 5.97 Å². The Bertz CT molecular complexity index is 290. The lowest BCUT2D eigenvalue weighted by Gasteiger charge is -2.07. The summed E-state index contributed by atoms with van der Waals surface area (Å²) in [5, 5.41) is 13.9. The van der Waals surface area contributed by atoms with E-state index in [4.69, 9.17) is 10.8 Å². The van der Waals surface area contributed by atoms with E-state index in [2.05, 4.69) is 15.6 Å². The molecule has 0 fully saturated rings. The molecule has 0 aromatic heterocycles. The molecule has 7 nitrogen and oxygen atoms in total. The van der Waals surface area contributed by atoms with Gasteiger partial charge in [-0.05, 0) is 12.8 Å². The summed E-state index contributed by atoms with van der Waals surface area (Å²) in [7, 11) is 0. The van der Waals surface area contributed by atoms with Gasteiger partial charge in [0.2, 0.25) is 5.91 Å². The van der Waals surface area contributed by atoms with E-state index < -0.39 is 12.0 Å². The van der Waals surface area contributed by atoms with Crippen LogP contribution < -0.4 is 16.4 Å². The quantitative estimate of drug-likeness (QED) is 0.405. The van der Waals surface area contributed by atoms with E-state index >= 15 is 0 Å². The number of amides is 1. The molecule has 0 aromatic rings. The number of carbonyl (C=O) groups is 2. The Morgan fingerprint density at radius 1 is 1.73 bits per heavy atom. The number of carbonyl (C=O) groups excluding carboxylic acids is 1. The van der Waals surface area contributed by atoms with Crippen LogP contribution in [0.5, 0.6) is 0 Å². The van der Waals surface area contributed by atoms with Gasteiger partial charge in [0.1, 0.15) is 12.6 Å². The zero-order valence-corrected chi connectivity index (χ0v) is 8.19. The van der Waals surface area contributed by atoms with Crippen LogP contribution in [0.2, 0.25) is 0 Å². The molecule has 0 saturated heterocycles. The third kappa shape index (κ3) is 3.94. The van der Waals surface area contributed by atoms with Crippen LogP contribution in [0.3, 0.4) is 0 Å². The van der Waals surface area contributed by atoms with Gasteiger partial charge in [-0.15, -0.1) is 0 Å². The molecule has 1 aliphatic rings. The Hall–Kier alpha value is -1.63. The third-order valence-corrected chi connectivity index (χ3v) is 1.94. The van der Waals surface area contributed by atoms with Crippen molar-refractivity contribution in [2.24, 2.45) is 10.7 Å². The molecule has 1 atom stereocenters. The van der Waals surface area contributed by atoms with Gasteiger partial charge in [-0.3, -0.25) is 14.9 Å². The summed E-state index contributed by atoms with van der Waals surface area (Å²) in [4.78, 5) is 25.0. The van der Waals surface area contributed by atoms with Crippen LogP contribution >= 0.6 is 0 Å². The number of carboxylic acid groups (broad SMARTS) is 1. The fourth-order valence-corrected chi connectivity index (χ4v) is 1.11. The Labute approximate surface area is 86.7 Å². The Morgan fingerprint density at radius 2 is 2.47 bits per heavy atom. The van der Waals surface area contributed by atoms with Crippen LogP contribution in [0.25, 0.3) is 0 Å². The van der Waals surface area contributed by atoms with E-state index in [1.807, 2.05) is 0 Å². The van der Waals surface area contributed by atoms with Gasteiger partial charge in [-0.25, -0.2) is 4.99 Å². The van der Waals surface area contributed by atoms with Gasteiger partial charge in [-0.1, -0.05) is 0 Å². The largest absolute Gasteiger partial charge is 0.480 e. The van der Waals surface area contributed by atoms with Crippen molar-refractivity contribution in [1.29, 1.82) is 0 Å². The molecule has 0 aliphatic carbocycles. The lowest BCUT2D eigenvalue weighted by Crippen LogP contribution is -2.37. The molecule has 0 saturated carbocycles. The summed E-state index contributed by atoms with van der Waals surface area (Å²) in [6, 6.07) is -0.827. The van der Waals surface area contributed by atoms with Crippen LogP contribution in [0.15, 0.2) is 4.99 Å². The number of aliphatic carboxylic acids is 1. The van der Waals surface area contributed by atoms with Crippen LogP contribution in [0.1, 0.15) is 12.8 Å². The summed E-state index contributed by atoms with van der Waals surface area (Å²) < 4.78 is 0. The van der Waals surface area contributed by atoms with Crippen molar-refractivity contribution in [2.75, 3.05) is 13.1 Å². The van der Waals surface area contributed by atoms with Crippen molar-refractivity contribution >= 4 is 17.8 Å². The maximum atomic E-state index is 10.7. The lowest BCUT2D eigenvalue weighted by atomic mass is 10.2. The molecule has 0 aromatic carbocycles. The van der Waals surface area contributed by atoms with Gasteiger partial charge in [0, 0.05) is 6.54 Å². The van der Waals surface area contributed by atoms with Crippen LogP contribution in [0.4, 0.5) is 0 Å². The highest BCUT2D eigenvalue weighted by atomic mass is 16.4. The van der Waals surface area contributed by atoms with Crippen molar-refractivity contribution in [3.05, 3.63) is 0 Å². The molecule has 5 N–H and O–H groups in total. The smallest absolute Gasteiger partial charge is 0.320 e. The molecule has 7 heteroatoms. The summed E-state index contributed by atoms with van der Waals surface area (Å²) in [6.07, 6.45) is 1.01. The van der Waals surface area contributed by atoms with E-state index in [-0.39, 0.29) is 12.5 Å². The topological polar surface area (TPSA) is 117 Å². The second-order valence-corrected chi connectivity index (χ2v) is 3.23. The molecule has 1 aliphatic heterocycles. The number of hydrogen-bond donors (Lipinski definition) is 4. The van der Waals surface area contributed by atoms with Crippen molar-refractivity contribution in [3.8, 4) is 0 Å². The highest BCUT2D eigenvalue weighted by Gasteiger charge is 2.13. The fraction of sp³-hybridized carbons (Fsp3) is 0.625. The monoisotopic (exact) mass is 214 g/mol. The second kappa shape index (κ2) is 5.30. The number of nitrogens with one attached hydrogen (secondary N) is 2. The van der Waals surface area contributed by atoms with Gasteiger partial charge in [0.25, 0.3) is 0 Å². The zero-order chi connectivity index (χ0) is 11.3. The lowest BCUT2D eigenvalue weighted by molar-refractivity contribution is -0.138. The highest BCUT2D eigenvalue weighted by Crippen LogP contribution is 1.93. The summed E-state index contributed by atoms with van der Waals surface area (Å²) in [6.45, 7) is 0.692. The van der Waals surface area contributed by atoms with Crippen molar-refractivity contribution in [2.45, 2.75) is 18.9 Å². The number of guanidine groups is 1. The van der Waals surface area contributed by atoms with Crippen LogP contribution in [0, 0.1) is 0 Å². The predicted octanol–water partition coefficient (Wildman–Crippen LogP) is -1.75. The molecule has 1 unspecified atom stereocenters. The normalized spacial score (nSPS) is 16.9. The first-order valence-corrected chi connectivity index (χ1v) is 4.66. The number of carboxylic acids is 1. The first-order chi connectivity index (χ1) is 7.09. The van der Waals surface area contributed by atoms with Gasteiger partial charge < -0.3 is 16.2 Å². The SMILES string of the molecule is NC(CCCNC1=NCC(=O)N1)C(=O)O. The van der Waals surface area contributed by atoms with E-state index in [1.54, 1.807) is 0 Å². The van der Waals surface area contributed by atoms with E-state index in [1.165, 1.54) is 0 Å². The molecule has 1 amide bonds.